The van der Waals surface area contributed by atoms with E-state index in [4.69, 9.17) is 0 Å². The van der Waals surface area contributed by atoms with Crippen LogP contribution in [-0.4, -0.2) is 30.4 Å². The van der Waals surface area contributed by atoms with E-state index in [2.05, 4.69) is 32.8 Å². The number of hydrogen-bond acceptors (Lipinski definition) is 2. The lowest BCUT2D eigenvalue weighted by Gasteiger charge is -2.25. The van der Waals surface area contributed by atoms with Gasteiger partial charge < -0.3 is 5.32 Å². The van der Waals surface area contributed by atoms with Crippen LogP contribution >= 0.6 is 35.0 Å². The summed E-state index contributed by atoms with van der Waals surface area (Å²) >= 11 is 2.25. The zero-order valence-corrected chi connectivity index (χ0v) is 13.2. The highest BCUT2D eigenvalue weighted by molar-refractivity contribution is 14.1. The van der Waals surface area contributed by atoms with Crippen molar-refractivity contribution in [2.45, 2.75) is 19.3 Å². The molecule has 3 nitrogen and oxygen atoms in total. The van der Waals surface area contributed by atoms with Gasteiger partial charge in [-0.2, -0.15) is 0 Å². The normalized spacial score (nSPS) is 15.8. The smallest absolute Gasteiger partial charge is 0.238 e. The van der Waals surface area contributed by atoms with Gasteiger partial charge >= 0.3 is 0 Å². The molecule has 1 fully saturated rings. The second-order valence-corrected chi connectivity index (χ2v) is 5.64. The van der Waals surface area contributed by atoms with Crippen molar-refractivity contribution in [1.82, 2.24) is 4.90 Å². The fraction of sp³-hybridized carbons (Fsp3) is 0.462. The van der Waals surface area contributed by atoms with Gasteiger partial charge in [0.2, 0.25) is 5.91 Å². The van der Waals surface area contributed by atoms with E-state index in [9.17, 15) is 4.79 Å². The van der Waals surface area contributed by atoms with Crippen LogP contribution < -0.4 is 5.32 Å². The maximum absolute atomic E-state index is 11.8. The van der Waals surface area contributed by atoms with Crippen molar-refractivity contribution in [3.63, 3.8) is 0 Å². The third-order valence-corrected chi connectivity index (χ3v) is 3.66. The van der Waals surface area contributed by atoms with Crippen LogP contribution in [0.15, 0.2) is 24.3 Å². The Kier molecular flexibility index (Phi) is 6.96. The molecule has 0 radical (unpaired) electrons. The van der Waals surface area contributed by atoms with Crippen LogP contribution in [0.5, 0.6) is 0 Å². The maximum atomic E-state index is 11.8. The summed E-state index contributed by atoms with van der Waals surface area (Å²) in [5.74, 6) is 0.0908. The summed E-state index contributed by atoms with van der Waals surface area (Å²) in [4.78, 5) is 14.0. The number of piperidine rings is 1. The van der Waals surface area contributed by atoms with Gasteiger partial charge in [-0.05, 0) is 72.8 Å². The highest BCUT2D eigenvalue weighted by atomic mass is 127. The van der Waals surface area contributed by atoms with E-state index in [1.165, 1.54) is 22.8 Å². The van der Waals surface area contributed by atoms with Gasteiger partial charge in [0.1, 0.15) is 0 Å². The molecule has 1 N–H and O–H groups in total. The molecule has 2 rings (SSSR count). The zero-order valence-electron chi connectivity index (χ0n) is 10.2. The van der Waals surface area contributed by atoms with Crippen molar-refractivity contribution >= 4 is 46.6 Å². The van der Waals surface area contributed by atoms with Crippen LogP contribution in [0.2, 0.25) is 0 Å². The quantitative estimate of drug-likeness (QED) is 0.817. The molecule has 1 aliphatic rings. The first-order valence-electron chi connectivity index (χ1n) is 6.02. The lowest BCUT2D eigenvalue weighted by Crippen LogP contribution is -2.36. The first-order valence-corrected chi connectivity index (χ1v) is 7.10. The van der Waals surface area contributed by atoms with Crippen molar-refractivity contribution in [3.05, 3.63) is 27.8 Å². The average molecular weight is 381 g/mol. The molecule has 1 aromatic carbocycles. The maximum Gasteiger partial charge on any atom is 0.238 e. The molecule has 0 saturated carbocycles. The molecule has 18 heavy (non-hydrogen) atoms. The Labute approximate surface area is 128 Å². The van der Waals surface area contributed by atoms with Gasteiger partial charge in [-0.25, -0.2) is 0 Å². The zero-order chi connectivity index (χ0) is 12.1. The molecule has 100 valence electrons. The molecule has 5 heteroatoms. The van der Waals surface area contributed by atoms with Crippen molar-refractivity contribution < 1.29 is 4.79 Å². The minimum Gasteiger partial charge on any atom is -0.325 e. The summed E-state index contributed by atoms with van der Waals surface area (Å²) in [6.07, 6.45) is 3.74. The van der Waals surface area contributed by atoms with E-state index in [0.29, 0.717) is 6.54 Å². The van der Waals surface area contributed by atoms with Crippen molar-refractivity contribution in [2.75, 3.05) is 25.0 Å². The minimum atomic E-state index is 0. The van der Waals surface area contributed by atoms with Crippen LogP contribution in [0.3, 0.4) is 0 Å². The number of hydrogen-bond donors (Lipinski definition) is 1. The molecule has 1 amide bonds. The molecule has 1 aromatic rings. The SMILES string of the molecule is Cl.O=C(CN1CCCCC1)Nc1ccc(I)cc1. The van der Waals surface area contributed by atoms with Crippen LogP contribution in [0.1, 0.15) is 19.3 Å². The molecule has 0 bridgehead atoms. The Bertz CT molecular complexity index is 377. The molecule has 0 unspecified atom stereocenters. The minimum absolute atomic E-state index is 0. The molecular formula is C13H18ClIN2O. The second kappa shape index (κ2) is 7.96. The molecule has 0 atom stereocenters. The Morgan fingerprint density at radius 2 is 1.78 bits per heavy atom. The van der Waals surface area contributed by atoms with E-state index in [0.717, 1.165) is 18.8 Å². The van der Waals surface area contributed by atoms with E-state index in [1.807, 2.05) is 24.3 Å². The Morgan fingerprint density at radius 3 is 2.39 bits per heavy atom. The fourth-order valence-electron chi connectivity index (χ4n) is 2.05. The van der Waals surface area contributed by atoms with Gasteiger partial charge in [0, 0.05) is 9.26 Å². The highest BCUT2D eigenvalue weighted by Gasteiger charge is 2.13. The van der Waals surface area contributed by atoms with E-state index >= 15 is 0 Å². The van der Waals surface area contributed by atoms with Gasteiger partial charge in [-0.15, -0.1) is 12.4 Å². The Hall–Kier alpha value is -0.330. The highest BCUT2D eigenvalue weighted by Crippen LogP contribution is 2.12. The summed E-state index contributed by atoms with van der Waals surface area (Å²) in [5, 5.41) is 2.93. The average Bonchev–Trinajstić information content (AvgIpc) is 2.33. The standard InChI is InChI=1S/C13H17IN2O.ClH/c14-11-4-6-12(7-5-11)15-13(17)10-16-8-2-1-3-9-16;/h4-7H,1-3,8-10H2,(H,15,17);1H. The fourth-order valence-corrected chi connectivity index (χ4v) is 2.41. The van der Waals surface area contributed by atoms with Crippen molar-refractivity contribution in [2.24, 2.45) is 0 Å². The molecule has 1 saturated heterocycles. The van der Waals surface area contributed by atoms with Crippen molar-refractivity contribution in [3.8, 4) is 0 Å². The number of carbonyl (C=O) groups excluding carboxylic acids is 1. The number of nitrogens with one attached hydrogen (secondary N) is 1. The predicted molar refractivity (Wildman–Crippen MR) is 85.3 cm³/mol. The largest absolute Gasteiger partial charge is 0.325 e. The summed E-state index contributed by atoms with van der Waals surface area (Å²) in [6.45, 7) is 2.63. The molecule has 0 aliphatic carbocycles. The number of halogens is 2. The molecule has 0 aromatic heterocycles. The van der Waals surface area contributed by atoms with Gasteiger partial charge in [0.25, 0.3) is 0 Å². The van der Waals surface area contributed by atoms with E-state index < -0.39 is 0 Å². The van der Waals surface area contributed by atoms with Gasteiger partial charge in [-0.3, -0.25) is 9.69 Å². The summed E-state index contributed by atoms with van der Waals surface area (Å²) in [5.41, 5.74) is 0.882. The lowest BCUT2D eigenvalue weighted by atomic mass is 10.1. The molecule has 0 spiro atoms. The number of nitrogens with zero attached hydrogens (tertiary/aromatic N) is 1. The van der Waals surface area contributed by atoms with E-state index in [-0.39, 0.29) is 18.3 Å². The Balaban J connectivity index is 0.00000162. The summed E-state index contributed by atoms with van der Waals surface area (Å²) < 4.78 is 1.18. The van der Waals surface area contributed by atoms with Crippen molar-refractivity contribution in [1.29, 1.82) is 0 Å². The van der Waals surface area contributed by atoms with Gasteiger partial charge in [0.05, 0.1) is 6.54 Å². The Morgan fingerprint density at radius 1 is 1.17 bits per heavy atom. The first-order chi connectivity index (χ1) is 8.24. The number of carbonyl (C=O) groups is 1. The molecular weight excluding hydrogens is 363 g/mol. The third kappa shape index (κ3) is 5.12. The number of rotatable bonds is 3. The summed E-state index contributed by atoms with van der Waals surface area (Å²) in [7, 11) is 0. The molecule has 1 heterocycles. The first kappa shape index (κ1) is 15.7. The predicted octanol–water partition coefficient (Wildman–Crippen LogP) is 3.14. The lowest BCUT2D eigenvalue weighted by molar-refractivity contribution is -0.117. The number of likely N-dealkylation sites (tertiary alicyclic amines) is 1. The third-order valence-electron chi connectivity index (χ3n) is 2.94. The number of anilines is 1. The van der Waals surface area contributed by atoms with E-state index in [1.54, 1.807) is 0 Å². The van der Waals surface area contributed by atoms with Crippen LogP contribution in [-0.2, 0) is 4.79 Å². The van der Waals surface area contributed by atoms with Gasteiger partial charge in [-0.1, -0.05) is 6.42 Å². The van der Waals surface area contributed by atoms with Crippen LogP contribution in [0, 0.1) is 3.57 Å². The second-order valence-electron chi connectivity index (χ2n) is 4.39. The number of benzene rings is 1. The summed E-state index contributed by atoms with van der Waals surface area (Å²) in [6, 6.07) is 7.87. The van der Waals surface area contributed by atoms with Crippen LogP contribution in [0.4, 0.5) is 5.69 Å². The topological polar surface area (TPSA) is 32.3 Å². The van der Waals surface area contributed by atoms with Crippen LogP contribution in [0.25, 0.3) is 0 Å². The molecule has 1 aliphatic heterocycles. The van der Waals surface area contributed by atoms with Gasteiger partial charge in [0.15, 0.2) is 0 Å². The number of amides is 1. The monoisotopic (exact) mass is 380 g/mol.